The van der Waals surface area contributed by atoms with Gasteiger partial charge in [0.2, 0.25) is 0 Å². The smallest absolute Gasteiger partial charge is 0.291 e. The summed E-state index contributed by atoms with van der Waals surface area (Å²) in [7, 11) is 0. The number of hydrogen-bond donors (Lipinski definition) is 0. The second kappa shape index (κ2) is 8.15. The highest BCUT2D eigenvalue weighted by Crippen LogP contribution is 2.30. The van der Waals surface area contributed by atoms with E-state index in [1.165, 1.54) is 12.1 Å². The van der Waals surface area contributed by atoms with Crippen molar-refractivity contribution in [1.29, 1.82) is 0 Å². The predicted octanol–water partition coefficient (Wildman–Crippen LogP) is 5.30. The summed E-state index contributed by atoms with van der Waals surface area (Å²) in [6.45, 7) is 1.72. The van der Waals surface area contributed by atoms with Crippen molar-refractivity contribution in [2.24, 2.45) is 0 Å². The van der Waals surface area contributed by atoms with Crippen molar-refractivity contribution in [3.8, 4) is 0 Å². The molecular weight excluding hydrogens is 337 g/mol. The summed E-state index contributed by atoms with van der Waals surface area (Å²) in [5.74, 6) is 0. The van der Waals surface area contributed by atoms with Crippen LogP contribution in [0.25, 0.3) is 0 Å². The van der Waals surface area contributed by atoms with Crippen molar-refractivity contribution in [3.05, 3.63) is 101 Å². The van der Waals surface area contributed by atoms with Crippen LogP contribution >= 0.6 is 0 Å². The van der Waals surface area contributed by atoms with E-state index in [1.54, 1.807) is 18.5 Å². The van der Waals surface area contributed by atoms with Crippen LogP contribution in [0.5, 0.6) is 0 Å². The minimum atomic E-state index is -4.33. The maximum atomic E-state index is 13.0. The summed E-state index contributed by atoms with van der Waals surface area (Å²) in [6.07, 6.45) is -0.883. The lowest BCUT2D eigenvalue weighted by molar-refractivity contribution is -0.137. The van der Waals surface area contributed by atoms with Crippen LogP contribution in [0.15, 0.2) is 79.1 Å². The molecule has 0 aliphatic rings. The maximum Gasteiger partial charge on any atom is 0.416 e. The number of aromatic nitrogens is 1. The Bertz CT molecular complexity index is 776. The lowest BCUT2D eigenvalue weighted by Gasteiger charge is -2.23. The Morgan fingerprint density at radius 1 is 0.692 bits per heavy atom. The zero-order valence-corrected chi connectivity index (χ0v) is 14.2. The molecule has 1 aromatic heterocycles. The van der Waals surface area contributed by atoms with Gasteiger partial charge in [0.1, 0.15) is 0 Å². The van der Waals surface area contributed by atoms with Gasteiger partial charge in [-0.25, -0.2) is 0 Å². The number of rotatable bonds is 6. The molecule has 0 N–H and O–H groups in total. The van der Waals surface area contributed by atoms with Crippen molar-refractivity contribution in [2.45, 2.75) is 25.8 Å². The monoisotopic (exact) mass is 356 g/mol. The van der Waals surface area contributed by atoms with Crippen molar-refractivity contribution in [3.63, 3.8) is 0 Å². The molecule has 0 saturated carbocycles. The number of alkyl halides is 3. The van der Waals surface area contributed by atoms with Gasteiger partial charge < -0.3 is 0 Å². The molecule has 134 valence electrons. The molecule has 0 unspecified atom stereocenters. The molecule has 3 rings (SSSR count). The molecule has 0 amide bonds. The lowest BCUT2D eigenvalue weighted by Crippen LogP contribution is -2.22. The first-order valence-corrected chi connectivity index (χ1v) is 8.32. The Kier molecular flexibility index (Phi) is 5.68. The van der Waals surface area contributed by atoms with Gasteiger partial charge in [-0.05, 0) is 34.9 Å². The Morgan fingerprint density at radius 2 is 1.27 bits per heavy atom. The third kappa shape index (κ3) is 5.17. The summed E-state index contributed by atoms with van der Waals surface area (Å²) in [6, 6.07) is 19.3. The van der Waals surface area contributed by atoms with Crippen molar-refractivity contribution in [2.75, 3.05) is 0 Å². The normalized spacial score (nSPS) is 11.7. The first-order chi connectivity index (χ1) is 12.5. The van der Waals surface area contributed by atoms with Crippen LogP contribution in [0.3, 0.4) is 0 Å². The van der Waals surface area contributed by atoms with Crippen LogP contribution in [0.4, 0.5) is 13.2 Å². The van der Waals surface area contributed by atoms with Gasteiger partial charge in [-0.1, -0.05) is 48.5 Å². The molecule has 5 heteroatoms. The minimum Gasteiger partial charge on any atom is -0.291 e. The van der Waals surface area contributed by atoms with Gasteiger partial charge in [-0.15, -0.1) is 0 Å². The molecule has 0 aliphatic heterocycles. The fraction of sp³-hybridized carbons (Fsp3) is 0.190. The number of halogens is 3. The van der Waals surface area contributed by atoms with E-state index in [2.05, 4.69) is 9.88 Å². The second-order valence-corrected chi connectivity index (χ2v) is 6.18. The average Bonchev–Trinajstić information content (AvgIpc) is 2.63. The highest BCUT2D eigenvalue weighted by Gasteiger charge is 2.30. The summed E-state index contributed by atoms with van der Waals surface area (Å²) >= 11 is 0. The van der Waals surface area contributed by atoms with Crippen molar-refractivity contribution in [1.82, 2.24) is 9.88 Å². The number of nitrogens with zero attached hydrogens (tertiary/aromatic N) is 2. The van der Waals surface area contributed by atoms with Gasteiger partial charge in [-0.2, -0.15) is 13.2 Å². The summed E-state index contributed by atoms with van der Waals surface area (Å²) < 4.78 is 38.9. The highest BCUT2D eigenvalue weighted by atomic mass is 19.4. The van der Waals surface area contributed by atoms with E-state index in [1.807, 2.05) is 42.5 Å². The van der Waals surface area contributed by atoms with Gasteiger partial charge >= 0.3 is 6.18 Å². The number of hydrogen-bond acceptors (Lipinski definition) is 2. The summed E-state index contributed by atoms with van der Waals surface area (Å²) in [4.78, 5) is 6.14. The van der Waals surface area contributed by atoms with E-state index in [4.69, 9.17) is 0 Å². The third-order valence-electron chi connectivity index (χ3n) is 4.07. The van der Waals surface area contributed by atoms with Crippen LogP contribution in [0.1, 0.15) is 22.3 Å². The van der Waals surface area contributed by atoms with Crippen LogP contribution in [-0.4, -0.2) is 9.88 Å². The zero-order valence-electron chi connectivity index (χ0n) is 14.2. The quantitative estimate of drug-likeness (QED) is 0.596. The van der Waals surface area contributed by atoms with Gasteiger partial charge in [0.15, 0.2) is 0 Å². The molecule has 26 heavy (non-hydrogen) atoms. The fourth-order valence-corrected chi connectivity index (χ4v) is 2.86. The van der Waals surface area contributed by atoms with E-state index in [0.717, 1.165) is 17.2 Å². The van der Waals surface area contributed by atoms with Crippen molar-refractivity contribution >= 4 is 0 Å². The fourth-order valence-electron chi connectivity index (χ4n) is 2.86. The van der Waals surface area contributed by atoms with Crippen LogP contribution in [-0.2, 0) is 25.8 Å². The molecular formula is C21H19F3N2. The Balaban J connectivity index is 1.81. The summed E-state index contributed by atoms with van der Waals surface area (Å²) in [5, 5.41) is 0. The van der Waals surface area contributed by atoms with E-state index in [0.29, 0.717) is 25.2 Å². The first kappa shape index (κ1) is 18.1. The molecule has 0 aliphatic carbocycles. The largest absolute Gasteiger partial charge is 0.416 e. The number of benzene rings is 2. The Morgan fingerprint density at radius 3 is 1.92 bits per heavy atom. The third-order valence-corrected chi connectivity index (χ3v) is 4.07. The van der Waals surface area contributed by atoms with Crippen LogP contribution < -0.4 is 0 Å². The van der Waals surface area contributed by atoms with E-state index < -0.39 is 11.7 Å². The molecule has 1 heterocycles. The lowest BCUT2D eigenvalue weighted by atomic mass is 10.1. The zero-order chi connectivity index (χ0) is 18.4. The number of pyridine rings is 1. The molecule has 2 aromatic carbocycles. The van der Waals surface area contributed by atoms with Gasteiger partial charge in [0, 0.05) is 32.0 Å². The molecule has 0 atom stereocenters. The Hall–Kier alpha value is -2.66. The van der Waals surface area contributed by atoms with Crippen molar-refractivity contribution < 1.29 is 13.2 Å². The highest BCUT2D eigenvalue weighted by molar-refractivity contribution is 5.26. The second-order valence-electron chi connectivity index (χ2n) is 6.18. The standard InChI is InChI=1S/C21H19F3N2/c22-21(23,24)20-8-4-7-19(13-20)16-26(14-17-5-2-1-3-6-17)15-18-9-11-25-12-10-18/h1-13H,14-16H2. The maximum absolute atomic E-state index is 13.0. The Labute approximate surface area is 150 Å². The van der Waals surface area contributed by atoms with Gasteiger partial charge in [0.25, 0.3) is 0 Å². The van der Waals surface area contributed by atoms with Gasteiger partial charge in [0.05, 0.1) is 5.56 Å². The molecule has 0 saturated heterocycles. The first-order valence-electron chi connectivity index (χ1n) is 8.32. The topological polar surface area (TPSA) is 16.1 Å². The van der Waals surface area contributed by atoms with Gasteiger partial charge in [-0.3, -0.25) is 9.88 Å². The molecule has 0 fully saturated rings. The molecule has 0 bridgehead atoms. The van der Waals surface area contributed by atoms with E-state index in [-0.39, 0.29) is 0 Å². The molecule has 0 spiro atoms. The van der Waals surface area contributed by atoms with Crippen LogP contribution in [0, 0.1) is 0 Å². The predicted molar refractivity (Wildman–Crippen MR) is 95.1 cm³/mol. The van der Waals surface area contributed by atoms with E-state index in [9.17, 15) is 13.2 Å². The minimum absolute atomic E-state index is 0.432. The summed E-state index contributed by atoms with van der Waals surface area (Å²) in [5.41, 5.74) is 2.22. The SMILES string of the molecule is FC(F)(F)c1cccc(CN(Cc2ccccc2)Cc2ccncc2)c1. The molecule has 2 nitrogen and oxygen atoms in total. The van der Waals surface area contributed by atoms with E-state index >= 15 is 0 Å². The molecule has 0 radical (unpaired) electrons. The molecule has 3 aromatic rings. The van der Waals surface area contributed by atoms with Crippen LogP contribution in [0.2, 0.25) is 0 Å². The average molecular weight is 356 g/mol.